The molecule has 1 aliphatic rings. The molecule has 1 aromatic heterocycles. The first-order valence-electron chi connectivity index (χ1n) is 9.97. The van der Waals surface area contributed by atoms with Crippen molar-refractivity contribution in [2.75, 3.05) is 20.1 Å². The minimum absolute atomic E-state index is 0.259. The Morgan fingerprint density at radius 3 is 2.57 bits per heavy atom. The average Bonchev–Trinajstić information content (AvgIpc) is 3.04. The van der Waals surface area contributed by atoms with Crippen molar-refractivity contribution in [1.29, 1.82) is 0 Å². The van der Waals surface area contributed by atoms with Gasteiger partial charge in [0.1, 0.15) is 5.82 Å². The number of aliphatic imine (C=N–C) groups is 1. The molecular weight excluding hydrogens is 395 g/mol. The van der Waals surface area contributed by atoms with Crippen LogP contribution in [0, 0.1) is 6.92 Å². The van der Waals surface area contributed by atoms with E-state index in [4.69, 9.17) is 0 Å². The topological polar surface area (TPSA) is 70.4 Å². The molecular formula is C20H28F3N7. The van der Waals surface area contributed by atoms with Crippen LogP contribution in [0.15, 0.2) is 29.3 Å². The van der Waals surface area contributed by atoms with Gasteiger partial charge in [-0.05, 0) is 31.4 Å². The van der Waals surface area contributed by atoms with E-state index >= 15 is 0 Å². The third-order valence-corrected chi connectivity index (χ3v) is 5.41. The SMILES string of the molecule is CN=C(NCc1nnc(C)n1C)NC1CCN(Cc2cccc(C(F)(F)F)c2)CC1. The van der Waals surface area contributed by atoms with Crippen molar-refractivity contribution in [1.82, 2.24) is 30.3 Å². The summed E-state index contributed by atoms with van der Waals surface area (Å²) >= 11 is 0. The van der Waals surface area contributed by atoms with Gasteiger partial charge in [-0.2, -0.15) is 13.2 Å². The van der Waals surface area contributed by atoms with Crippen molar-refractivity contribution in [3.8, 4) is 0 Å². The summed E-state index contributed by atoms with van der Waals surface area (Å²) in [6, 6.07) is 5.83. The Balaban J connectivity index is 1.46. The van der Waals surface area contributed by atoms with Gasteiger partial charge in [0.15, 0.2) is 11.8 Å². The van der Waals surface area contributed by atoms with Crippen LogP contribution in [0.3, 0.4) is 0 Å². The minimum Gasteiger partial charge on any atom is -0.354 e. The van der Waals surface area contributed by atoms with Crippen molar-refractivity contribution in [2.45, 2.75) is 45.1 Å². The molecule has 0 unspecified atom stereocenters. The fraction of sp³-hybridized carbons (Fsp3) is 0.550. The Bertz CT molecular complexity index is 868. The van der Waals surface area contributed by atoms with E-state index in [2.05, 4.69) is 30.7 Å². The van der Waals surface area contributed by atoms with E-state index in [-0.39, 0.29) is 6.04 Å². The van der Waals surface area contributed by atoms with Crippen LogP contribution in [0.4, 0.5) is 13.2 Å². The summed E-state index contributed by atoms with van der Waals surface area (Å²) in [6.07, 6.45) is -2.52. The number of alkyl halides is 3. The van der Waals surface area contributed by atoms with E-state index in [1.54, 1.807) is 13.1 Å². The highest BCUT2D eigenvalue weighted by atomic mass is 19.4. The van der Waals surface area contributed by atoms with Gasteiger partial charge in [-0.3, -0.25) is 9.89 Å². The number of hydrogen-bond donors (Lipinski definition) is 2. The normalized spacial score (nSPS) is 16.7. The lowest BCUT2D eigenvalue weighted by atomic mass is 10.0. The molecule has 2 aromatic rings. The average molecular weight is 423 g/mol. The second-order valence-electron chi connectivity index (χ2n) is 7.54. The molecule has 1 aromatic carbocycles. The van der Waals surface area contributed by atoms with Crippen molar-refractivity contribution in [3.05, 3.63) is 47.0 Å². The lowest BCUT2D eigenvalue weighted by Crippen LogP contribution is -2.48. The summed E-state index contributed by atoms with van der Waals surface area (Å²) in [5.41, 5.74) is 0.0946. The fourth-order valence-corrected chi connectivity index (χ4v) is 3.50. The minimum atomic E-state index is -4.31. The molecule has 0 spiro atoms. The quantitative estimate of drug-likeness (QED) is 0.571. The first-order chi connectivity index (χ1) is 14.3. The number of benzene rings is 1. The molecule has 2 N–H and O–H groups in total. The number of piperidine rings is 1. The molecule has 164 valence electrons. The number of likely N-dealkylation sites (tertiary alicyclic amines) is 1. The molecule has 10 heteroatoms. The summed E-state index contributed by atoms with van der Waals surface area (Å²) in [5, 5.41) is 14.8. The smallest absolute Gasteiger partial charge is 0.354 e. The summed E-state index contributed by atoms with van der Waals surface area (Å²) in [6.45, 7) is 4.57. The second-order valence-corrected chi connectivity index (χ2v) is 7.54. The number of rotatable bonds is 5. The molecule has 30 heavy (non-hydrogen) atoms. The molecule has 0 bridgehead atoms. The van der Waals surface area contributed by atoms with Gasteiger partial charge in [0, 0.05) is 39.8 Å². The van der Waals surface area contributed by atoms with E-state index in [1.807, 2.05) is 18.5 Å². The Labute approximate surface area is 174 Å². The standard InChI is InChI=1S/C20H28F3N7/c1-14-27-28-18(29(14)3)12-25-19(24-2)26-17-7-9-30(10-8-17)13-15-5-4-6-16(11-15)20(21,22)23/h4-6,11,17H,7-10,12-13H2,1-3H3,(H2,24,25,26). The van der Waals surface area contributed by atoms with Gasteiger partial charge in [-0.25, -0.2) is 0 Å². The van der Waals surface area contributed by atoms with E-state index < -0.39 is 11.7 Å². The predicted octanol–water partition coefficient (Wildman–Crippen LogP) is 2.47. The highest BCUT2D eigenvalue weighted by molar-refractivity contribution is 5.79. The third-order valence-electron chi connectivity index (χ3n) is 5.41. The Morgan fingerprint density at radius 2 is 1.97 bits per heavy atom. The molecule has 1 saturated heterocycles. The van der Waals surface area contributed by atoms with Crippen molar-refractivity contribution >= 4 is 5.96 Å². The number of guanidine groups is 1. The number of nitrogens with one attached hydrogen (secondary N) is 2. The van der Waals surface area contributed by atoms with E-state index in [0.29, 0.717) is 24.6 Å². The van der Waals surface area contributed by atoms with E-state index in [0.717, 1.165) is 43.6 Å². The number of aromatic nitrogens is 3. The number of aryl methyl sites for hydroxylation is 1. The van der Waals surface area contributed by atoms with Gasteiger partial charge in [-0.1, -0.05) is 18.2 Å². The molecule has 0 radical (unpaired) electrons. The lowest BCUT2D eigenvalue weighted by molar-refractivity contribution is -0.137. The zero-order chi connectivity index (χ0) is 21.7. The molecule has 1 fully saturated rings. The van der Waals surface area contributed by atoms with Crippen LogP contribution < -0.4 is 10.6 Å². The second kappa shape index (κ2) is 9.46. The highest BCUT2D eigenvalue weighted by Gasteiger charge is 2.30. The van der Waals surface area contributed by atoms with Gasteiger partial charge in [0.25, 0.3) is 0 Å². The maximum Gasteiger partial charge on any atom is 0.416 e. The largest absolute Gasteiger partial charge is 0.416 e. The van der Waals surface area contributed by atoms with Gasteiger partial charge in [0.2, 0.25) is 0 Å². The Hall–Kier alpha value is -2.62. The first kappa shape index (κ1) is 22.1. The van der Waals surface area contributed by atoms with Crippen molar-refractivity contribution in [2.24, 2.45) is 12.0 Å². The molecule has 2 heterocycles. The van der Waals surface area contributed by atoms with Crippen LogP contribution in [-0.4, -0.2) is 51.8 Å². The fourth-order valence-electron chi connectivity index (χ4n) is 3.50. The van der Waals surface area contributed by atoms with Gasteiger partial charge in [-0.15, -0.1) is 10.2 Å². The van der Waals surface area contributed by atoms with Crippen LogP contribution in [0.25, 0.3) is 0 Å². The number of hydrogen-bond acceptors (Lipinski definition) is 4. The molecule has 0 amide bonds. The molecule has 1 aliphatic heterocycles. The van der Waals surface area contributed by atoms with Crippen LogP contribution in [-0.2, 0) is 26.3 Å². The first-order valence-corrected chi connectivity index (χ1v) is 9.97. The van der Waals surface area contributed by atoms with Crippen LogP contribution in [0.1, 0.15) is 35.6 Å². The van der Waals surface area contributed by atoms with Crippen molar-refractivity contribution in [3.63, 3.8) is 0 Å². The van der Waals surface area contributed by atoms with Crippen LogP contribution in [0.5, 0.6) is 0 Å². The zero-order valence-corrected chi connectivity index (χ0v) is 17.5. The zero-order valence-electron chi connectivity index (χ0n) is 17.5. The molecule has 3 rings (SSSR count). The molecule has 0 saturated carbocycles. The molecule has 0 atom stereocenters. The third kappa shape index (κ3) is 5.71. The summed E-state index contributed by atoms with van der Waals surface area (Å²) in [7, 11) is 3.64. The predicted molar refractivity (Wildman–Crippen MR) is 109 cm³/mol. The highest BCUT2D eigenvalue weighted by Crippen LogP contribution is 2.30. The number of halogens is 3. The Morgan fingerprint density at radius 1 is 1.23 bits per heavy atom. The molecule has 0 aliphatic carbocycles. The maximum absolute atomic E-state index is 12.9. The van der Waals surface area contributed by atoms with Gasteiger partial charge >= 0.3 is 6.18 Å². The number of nitrogens with zero attached hydrogens (tertiary/aromatic N) is 5. The van der Waals surface area contributed by atoms with E-state index in [9.17, 15) is 13.2 Å². The summed E-state index contributed by atoms with van der Waals surface area (Å²) < 4.78 is 40.6. The van der Waals surface area contributed by atoms with Crippen LogP contribution >= 0.6 is 0 Å². The molecule has 7 nitrogen and oxygen atoms in total. The van der Waals surface area contributed by atoms with Crippen LogP contribution in [0.2, 0.25) is 0 Å². The van der Waals surface area contributed by atoms with Gasteiger partial charge in [0.05, 0.1) is 12.1 Å². The van der Waals surface area contributed by atoms with Gasteiger partial charge < -0.3 is 15.2 Å². The lowest BCUT2D eigenvalue weighted by Gasteiger charge is -2.33. The van der Waals surface area contributed by atoms with E-state index in [1.165, 1.54) is 12.1 Å². The summed E-state index contributed by atoms with van der Waals surface area (Å²) in [4.78, 5) is 6.46. The van der Waals surface area contributed by atoms with Crippen molar-refractivity contribution < 1.29 is 13.2 Å². The summed E-state index contributed by atoms with van der Waals surface area (Å²) in [5.74, 6) is 2.38. The monoisotopic (exact) mass is 423 g/mol. The maximum atomic E-state index is 12.9. The Kier molecular flexibility index (Phi) is 6.96.